The zero-order valence-electron chi connectivity index (χ0n) is 14.8. The van der Waals surface area contributed by atoms with Crippen molar-refractivity contribution in [3.63, 3.8) is 0 Å². The summed E-state index contributed by atoms with van der Waals surface area (Å²) in [6.45, 7) is 0.235. The SMILES string of the molecule is O=C(O)Nc1cccc(CNC(=O)c2cccc(Nc3nc(Cl)ncc3Cl)c2)c1. The molecule has 0 saturated heterocycles. The molecule has 1 aromatic heterocycles. The van der Waals surface area contributed by atoms with Gasteiger partial charge in [-0.3, -0.25) is 10.1 Å². The lowest BCUT2D eigenvalue weighted by atomic mass is 10.1. The number of carbonyl (C=O) groups is 2. The molecule has 0 aliphatic carbocycles. The summed E-state index contributed by atoms with van der Waals surface area (Å²) in [5, 5.41) is 17.2. The lowest BCUT2D eigenvalue weighted by Gasteiger charge is -2.10. The Kier molecular flexibility index (Phi) is 6.48. The lowest BCUT2D eigenvalue weighted by molar-refractivity contribution is 0.0951. The first-order valence-electron chi connectivity index (χ1n) is 8.33. The van der Waals surface area contributed by atoms with Crippen molar-refractivity contribution in [3.05, 3.63) is 76.2 Å². The predicted octanol–water partition coefficient (Wildman–Crippen LogP) is 4.55. The van der Waals surface area contributed by atoms with E-state index in [-0.39, 0.29) is 17.7 Å². The van der Waals surface area contributed by atoms with Crippen LogP contribution in [0.1, 0.15) is 15.9 Å². The van der Waals surface area contributed by atoms with E-state index >= 15 is 0 Å². The number of hydrogen-bond donors (Lipinski definition) is 4. The van der Waals surface area contributed by atoms with Crippen LogP contribution in [0, 0.1) is 0 Å². The fourth-order valence-corrected chi connectivity index (χ4v) is 2.75. The smallest absolute Gasteiger partial charge is 0.409 e. The molecule has 0 aliphatic heterocycles. The Morgan fingerprint density at radius 2 is 1.79 bits per heavy atom. The zero-order valence-corrected chi connectivity index (χ0v) is 16.3. The van der Waals surface area contributed by atoms with Crippen LogP contribution < -0.4 is 16.0 Å². The van der Waals surface area contributed by atoms with Crippen molar-refractivity contribution in [2.45, 2.75) is 6.54 Å². The summed E-state index contributed by atoms with van der Waals surface area (Å²) in [6.07, 6.45) is 0.226. The maximum Gasteiger partial charge on any atom is 0.409 e. The van der Waals surface area contributed by atoms with Crippen LogP contribution in [-0.2, 0) is 6.54 Å². The molecule has 0 spiro atoms. The predicted molar refractivity (Wildman–Crippen MR) is 111 cm³/mol. The van der Waals surface area contributed by atoms with E-state index in [9.17, 15) is 9.59 Å². The Balaban J connectivity index is 1.66. The van der Waals surface area contributed by atoms with Gasteiger partial charge in [0.05, 0.1) is 6.20 Å². The number of amides is 2. The molecular formula is C19H15Cl2N5O3. The number of carboxylic acid groups (broad SMARTS) is 1. The second-order valence-corrected chi connectivity index (χ2v) is 6.60. The van der Waals surface area contributed by atoms with Crippen LogP contribution in [0.25, 0.3) is 0 Å². The second kappa shape index (κ2) is 9.22. The second-order valence-electron chi connectivity index (χ2n) is 5.85. The average Bonchev–Trinajstić information content (AvgIpc) is 2.69. The summed E-state index contributed by atoms with van der Waals surface area (Å²) in [7, 11) is 0. The number of nitrogens with zero attached hydrogens (tertiary/aromatic N) is 2. The normalized spacial score (nSPS) is 10.3. The molecule has 0 atom stereocenters. The van der Waals surface area contributed by atoms with E-state index in [0.29, 0.717) is 27.8 Å². The van der Waals surface area contributed by atoms with Gasteiger partial charge in [0.2, 0.25) is 5.28 Å². The number of halogens is 2. The maximum absolute atomic E-state index is 12.5. The molecule has 0 fully saturated rings. The molecule has 0 bridgehead atoms. The van der Waals surface area contributed by atoms with Crippen LogP contribution in [0.4, 0.5) is 22.0 Å². The first kappa shape index (κ1) is 20.4. The number of aromatic nitrogens is 2. The van der Waals surface area contributed by atoms with Gasteiger partial charge in [0.25, 0.3) is 5.91 Å². The van der Waals surface area contributed by atoms with Crippen molar-refractivity contribution in [3.8, 4) is 0 Å². The zero-order chi connectivity index (χ0) is 20.8. The standard InChI is InChI=1S/C19H15Cl2N5O3/c20-15-10-23-18(21)26-16(15)24-14-6-2-4-12(8-14)17(27)22-9-11-3-1-5-13(7-11)25-19(28)29/h1-8,10,25H,9H2,(H,22,27)(H,28,29)(H,23,24,26). The quantitative estimate of drug-likeness (QED) is 0.425. The van der Waals surface area contributed by atoms with E-state index in [0.717, 1.165) is 5.56 Å². The summed E-state index contributed by atoms with van der Waals surface area (Å²) < 4.78 is 0. The number of benzene rings is 2. The summed E-state index contributed by atoms with van der Waals surface area (Å²) in [6, 6.07) is 13.5. The van der Waals surface area contributed by atoms with Crippen molar-refractivity contribution in [1.82, 2.24) is 15.3 Å². The first-order valence-corrected chi connectivity index (χ1v) is 9.08. The van der Waals surface area contributed by atoms with Crippen molar-refractivity contribution in [1.29, 1.82) is 0 Å². The third-order valence-corrected chi connectivity index (χ3v) is 4.19. The molecule has 2 amide bonds. The minimum absolute atomic E-state index is 0.0467. The Hall–Kier alpha value is -3.36. The van der Waals surface area contributed by atoms with E-state index in [1.165, 1.54) is 6.20 Å². The van der Waals surface area contributed by atoms with Crippen LogP contribution in [0.2, 0.25) is 10.3 Å². The molecule has 29 heavy (non-hydrogen) atoms. The van der Waals surface area contributed by atoms with Gasteiger partial charge in [-0.25, -0.2) is 9.78 Å². The highest BCUT2D eigenvalue weighted by Gasteiger charge is 2.09. The van der Waals surface area contributed by atoms with Gasteiger partial charge in [-0.2, -0.15) is 4.98 Å². The Morgan fingerprint density at radius 3 is 2.59 bits per heavy atom. The number of nitrogens with one attached hydrogen (secondary N) is 3. The average molecular weight is 432 g/mol. The lowest BCUT2D eigenvalue weighted by Crippen LogP contribution is -2.23. The molecule has 0 aliphatic rings. The molecular weight excluding hydrogens is 417 g/mol. The summed E-state index contributed by atoms with van der Waals surface area (Å²) >= 11 is 11.8. The minimum atomic E-state index is -1.15. The summed E-state index contributed by atoms with van der Waals surface area (Å²) in [5.41, 5.74) is 2.20. The van der Waals surface area contributed by atoms with E-state index < -0.39 is 6.09 Å². The van der Waals surface area contributed by atoms with Gasteiger partial charge in [-0.15, -0.1) is 0 Å². The number of anilines is 3. The molecule has 0 saturated carbocycles. The van der Waals surface area contributed by atoms with Gasteiger partial charge in [0.15, 0.2) is 5.82 Å². The Bertz CT molecular complexity index is 1060. The van der Waals surface area contributed by atoms with E-state index in [1.54, 1.807) is 48.5 Å². The molecule has 2 aromatic carbocycles. The molecule has 10 heteroatoms. The van der Waals surface area contributed by atoms with Crippen LogP contribution in [-0.4, -0.2) is 27.1 Å². The maximum atomic E-state index is 12.5. The van der Waals surface area contributed by atoms with Crippen molar-refractivity contribution in [2.24, 2.45) is 0 Å². The fourth-order valence-electron chi connectivity index (χ4n) is 2.48. The third-order valence-electron chi connectivity index (χ3n) is 3.73. The Labute approximate surface area is 175 Å². The highest BCUT2D eigenvalue weighted by atomic mass is 35.5. The fraction of sp³-hybridized carbons (Fsp3) is 0.0526. The van der Waals surface area contributed by atoms with Gasteiger partial charge in [0.1, 0.15) is 5.02 Å². The number of carbonyl (C=O) groups excluding carboxylic acids is 1. The van der Waals surface area contributed by atoms with Crippen LogP contribution >= 0.6 is 23.2 Å². The topological polar surface area (TPSA) is 116 Å². The van der Waals surface area contributed by atoms with Gasteiger partial charge >= 0.3 is 6.09 Å². The van der Waals surface area contributed by atoms with Gasteiger partial charge in [0, 0.05) is 23.5 Å². The molecule has 0 radical (unpaired) electrons. The van der Waals surface area contributed by atoms with Crippen LogP contribution in [0.5, 0.6) is 0 Å². The van der Waals surface area contributed by atoms with E-state index in [4.69, 9.17) is 28.3 Å². The van der Waals surface area contributed by atoms with E-state index in [1.807, 2.05) is 0 Å². The number of rotatable bonds is 6. The van der Waals surface area contributed by atoms with Crippen molar-refractivity contribution >= 4 is 52.4 Å². The molecule has 4 N–H and O–H groups in total. The highest BCUT2D eigenvalue weighted by Crippen LogP contribution is 2.24. The molecule has 0 unspecified atom stereocenters. The molecule has 8 nitrogen and oxygen atoms in total. The Morgan fingerprint density at radius 1 is 1.03 bits per heavy atom. The third kappa shape index (κ3) is 5.81. The van der Waals surface area contributed by atoms with Crippen molar-refractivity contribution < 1.29 is 14.7 Å². The highest BCUT2D eigenvalue weighted by molar-refractivity contribution is 6.33. The van der Waals surface area contributed by atoms with Crippen molar-refractivity contribution in [2.75, 3.05) is 10.6 Å². The minimum Gasteiger partial charge on any atom is -0.465 e. The molecule has 3 aromatic rings. The number of hydrogen-bond acceptors (Lipinski definition) is 5. The molecule has 1 heterocycles. The molecule has 3 rings (SSSR count). The largest absolute Gasteiger partial charge is 0.465 e. The summed E-state index contributed by atoms with van der Waals surface area (Å²) in [4.78, 5) is 31.0. The van der Waals surface area contributed by atoms with Gasteiger partial charge < -0.3 is 15.7 Å². The molecule has 148 valence electrons. The van der Waals surface area contributed by atoms with Crippen LogP contribution in [0.15, 0.2) is 54.7 Å². The first-order chi connectivity index (χ1) is 13.9. The summed E-state index contributed by atoms with van der Waals surface area (Å²) in [5.74, 6) is 0.0315. The van der Waals surface area contributed by atoms with Gasteiger partial charge in [-0.1, -0.05) is 29.8 Å². The monoisotopic (exact) mass is 431 g/mol. The van der Waals surface area contributed by atoms with E-state index in [2.05, 4.69) is 25.9 Å². The van der Waals surface area contributed by atoms with Crippen LogP contribution in [0.3, 0.4) is 0 Å². The van der Waals surface area contributed by atoms with Gasteiger partial charge in [-0.05, 0) is 47.5 Å².